The average Bonchev–Trinajstić information content (AvgIpc) is 2.44. The Hall–Kier alpha value is -1.62. The third kappa shape index (κ3) is 3.23. The number of carbonyl (C=O) groups is 1. The second kappa shape index (κ2) is 6.52. The number of nitrogens with one attached hydrogen (secondary N) is 2. The van der Waals surface area contributed by atoms with Gasteiger partial charge in [-0.15, -0.1) is 0 Å². The lowest BCUT2D eigenvalue weighted by atomic mass is 10.1. The maximum atomic E-state index is 10.1. The number of hydrogen-bond donors (Lipinski definition) is 2. The normalized spacial score (nSPS) is 10.4. The van der Waals surface area contributed by atoms with Crippen LogP contribution < -0.4 is 10.6 Å². The first-order valence-corrected chi connectivity index (χ1v) is 6.99. The van der Waals surface area contributed by atoms with E-state index in [4.69, 9.17) is 0 Å². The molecule has 0 aliphatic carbocycles. The highest BCUT2D eigenvalue weighted by atomic mass is 79.9. The van der Waals surface area contributed by atoms with Crippen molar-refractivity contribution in [3.05, 3.63) is 34.4 Å². The lowest BCUT2D eigenvalue weighted by Crippen LogP contribution is -2.16. The Kier molecular flexibility index (Phi) is 4.74. The van der Waals surface area contributed by atoms with Crippen molar-refractivity contribution >= 4 is 38.9 Å². The molecule has 0 bridgehead atoms. The predicted molar refractivity (Wildman–Crippen MR) is 81.4 cm³/mol. The van der Waals surface area contributed by atoms with Crippen LogP contribution in [0, 0.1) is 6.92 Å². The summed E-state index contributed by atoms with van der Waals surface area (Å²) in [7, 11) is 0. The van der Waals surface area contributed by atoms with Gasteiger partial charge >= 0.3 is 0 Å². The fourth-order valence-electron chi connectivity index (χ4n) is 1.94. The van der Waals surface area contributed by atoms with Gasteiger partial charge in [0.1, 0.15) is 5.82 Å². The standard InChI is InChI=1S/C14H16BrN3O/c1-10-13(15)11-5-2-3-6-12(11)14(18-10)17-8-4-7-16-9-19/h2-3,5-6,9H,4,7-8H2,1H3,(H,16,19)(H,17,18). The molecule has 0 aliphatic heterocycles. The SMILES string of the molecule is Cc1nc(NCCCNC=O)c2ccccc2c1Br. The second-order valence-electron chi connectivity index (χ2n) is 4.26. The van der Waals surface area contributed by atoms with E-state index >= 15 is 0 Å². The Morgan fingerprint density at radius 2 is 2.00 bits per heavy atom. The van der Waals surface area contributed by atoms with Crippen molar-refractivity contribution in [2.45, 2.75) is 13.3 Å². The first-order chi connectivity index (χ1) is 9.24. The van der Waals surface area contributed by atoms with Crippen LogP contribution in [-0.4, -0.2) is 24.5 Å². The molecular weight excluding hydrogens is 306 g/mol. The highest BCUT2D eigenvalue weighted by molar-refractivity contribution is 9.10. The van der Waals surface area contributed by atoms with Gasteiger partial charge in [0.15, 0.2) is 0 Å². The molecule has 100 valence electrons. The van der Waals surface area contributed by atoms with E-state index in [1.165, 1.54) is 0 Å². The van der Waals surface area contributed by atoms with Crippen LogP contribution in [0.2, 0.25) is 0 Å². The van der Waals surface area contributed by atoms with Crippen LogP contribution in [0.25, 0.3) is 10.8 Å². The van der Waals surface area contributed by atoms with Crippen molar-refractivity contribution in [1.29, 1.82) is 0 Å². The van der Waals surface area contributed by atoms with Crippen LogP contribution >= 0.6 is 15.9 Å². The van der Waals surface area contributed by atoms with Crippen molar-refractivity contribution in [2.75, 3.05) is 18.4 Å². The third-order valence-electron chi connectivity index (χ3n) is 2.89. The lowest BCUT2D eigenvalue weighted by Gasteiger charge is -2.12. The van der Waals surface area contributed by atoms with Crippen molar-refractivity contribution in [2.24, 2.45) is 0 Å². The summed E-state index contributed by atoms with van der Waals surface area (Å²) in [6.07, 6.45) is 1.58. The lowest BCUT2D eigenvalue weighted by molar-refractivity contribution is -0.109. The van der Waals surface area contributed by atoms with Crippen LogP contribution in [0.3, 0.4) is 0 Å². The van der Waals surface area contributed by atoms with Gasteiger partial charge in [-0.2, -0.15) is 0 Å². The Labute approximate surface area is 120 Å². The highest BCUT2D eigenvalue weighted by Crippen LogP contribution is 2.30. The van der Waals surface area contributed by atoms with E-state index < -0.39 is 0 Å². The number of nitrogens with zero attached hydrogens (tertiary/aromatic N) is 1. The first kappa shape index (κ1) is 13.8. The van der Waals surface area contributed by atoms with Crippen molar-refractivity contribution < 1.29 is 4.79 Å². The predicted octanol–water partition coefficient (Wildman–Crippen LogP) is 2.85. The number of pyridine rings is 1. The van der Waals surface area contributed by atoms with Crippen LogP contribution in [0.15, 0.2) is 28.7 Å². The number of aryl methyl sites for hydroxylation is 1. The molecule has 2 rings (SSSR count). The molecule has 0 atom stereocenters. The van der Waals surface area contributed by atoms with Gasteiger partial charge in [-0.25, -0.2) is 4.98 Å². The van der Waals surface area contributed by atoms with Crippen molar-refractivity contribution in [3.63, 3.8) is 0 Å². The minimum absolute atomic E-state index is 0.671. The van der Waals surface area contributed by atoms with E-state index in [1.807, 2.05) is 19.1 Å². The van der Waals surface area contributed by atoms with Gasteiger partial charge in [0, 0.05) is 28.3 Å². The fourth-order valence-corrected chi connectivity index (χ4v) is 2.38. The number of hydrogen-bond acceptors (Lipinski definition) is 3. The summed E-state index contributed by atoms with van der Waals surface area (Å²) in [5.41, 5.74) is 0.965. The zero-order valence-electron chi connectivity index (χ0n) is 10.7. The fraction of sp³-hybridized carbons (Fsp3) is 0.286. The molecule has 2 N–H and O–H groups in total. The third-order valence-corrected chi connectivity index (χ3v) is 3.89. The zero-order valence-corrected chi connectivity index (χ0v) is 12.3. The molecule has 2 aromatic rings. The molecule has 0 radical (unpaired) electrons. The highest BCUT2D eigenvalue weighted by Gasteiger charge is 2.08. The van der Waals surface area contributed by atoms with Crippen LogP contribution in [0.1, 0.15) is 12.1 Å². The molecule has 0 unspecified atom stereocenters. The molecule has 0 saturated heterocycles. The molecule has 1 aromatic carbocycles. The van der Waals surface area contributed by atoms with E-state index in [9.17, 15) is 4.79 Å². The summed E-state index contributed by atoms with van der Waals surface area (Å²) in [6.45, 7) is 3.43. The Balaban J connectivity index is 2.18. The molecular formula is C14H16BrN3O. The summed E-state index contributed by atoms with van der Waals surface area (Å²) in [6, 6.07) is 8.15. The van der Waals surface area contributed by atoms with Gasteiger partial charge in [-0.3, -0.25) is 4.79 Å². The Morgan fingerprint density at radius 1 is 1.26 bits per heavy atom. The molecule has 4 nitrogen and oxygen atoms in total. The topological polar surface area (TPSA) is 54.0 Å². The molecule has 1 aromatic heterocycles. The smallest absolute Gasteiger partial charge is 0.207 e. The molecule has 5 heteroatoms. The maximum absolute atomic E-state index is 10.1. The summed E-state index contributed by atoms with van der Waals surface area (Å²) < 4.78 is 1.04. The number of benzene rings is 1. The van der Waals surface area contributed by atoms with Crippen molar-refractivity contribution in [3.8, 4) is 0 Å². The second-order valence-corrected chi connectivity index (χ2v) is 5.05. The Bertz CT molecular complexity index is 586. The van der Waals surface area contributed by atoms with Crippen LogP contribution in [0.4, 0.5) is 5.82 Å². The number of rotatable bonds is 6. The quantitative estimate of drug-likeness (QED) is 0.635. The summed E-state index contributed by atoms with van der Waals surface area (Å²) >= 11 is 3.58. The van der Waals surface area contributed by atoms with Gasteiger partial charge in [0.25, 0.3) is 0 Å². The molecule has 0 aliphatic rings. The van der Waals surface area contributed by atoms with E-state index in [1.54, 1.807) is 0 Å². The number of amides is 1. The average molecular weight is 322 g/mol. The molecule has 1 amide bonds. The van der Waals surface area contributed by atoms with Crippen LogP contribution in [-0.2, 0) is 4.79 Å². The summed E-state index contributed by atoms with van der Waals surface area (Å²) in [4.78, 5) is 14.7. The number of carbonyl (C=O) groups excluding carboxylic acids is 1. The van der Waals surface area contributed by atoms with Gasteiger partial charge in [-0.05, 0) is 29.3 Å². The van der Waals surface area contributed by atoms with E-state index in [0.29, 0.717) is 6.54 Å². The van der Waals surface area contributed by atoms with Gasteiger partial charge < -0.3 is 10.6 Å². The van der Waals surface area contributed by atoms with Gasteiger partial charge in [-0.1, -0.05) is 24.3 Å². The molecule has 0 spiro atoms. The largest absolute Gasteiger partial charge is 0.369 e. The summed E-state index contributed by atoms with van der Waals surface area (Å²) in [5, 5.41) is 8.23. The summed E-state index contributed by atoms with van der Waals surface area (Å²) in [5.74, 6) is 0.891. The maximum Gasteiger partial charge on any atom is 0.207 e. The number of fused-ring (bicyclic) bond motifs is 1. The number of halogens is 1. The minimum atomic E-state index is 0.671. The monoisotopic (exact) mass is 321 g/mol. The molecule has 0 fully saturated rings. The first-order valence-electron chi connectivity index (χ1n) is 6.20. The molecule has 1 heterocycles. The number of aromatic nitrogens is 1. The van der Waals surface area contributed by atoms with Gasteiger partial charge in [0.2, 0.25) is 6.41 Å². The van der Waals surface area contributed by atoms with Gasteiger partial charge in [0.05, 0.1) is 5.69 Å². The molecule has 19 heavy (non-hydrogen) atoms. The number of anilines is 1. The van der Waals surface area contributed by atoms with E-state index in [2.05, 4.69) is 43.7 Å². The minimum Gasteiger partial charge on any atom is -0.369 e. The Morgan fingerprint density at radius 3 is 2.74 bits per heavy atom. The van der Waals surface area contributed by atoms with E-state index in [-0.39, 0.29) is 0 Å². The van der Waals surface area contributed by atoms with Crippen LogP contribution in [0.5, 0.6) is 0 Å². The van der Waals surface area contributed by atoms with Crippen molar-refractivity contribution in [1.82, 2.24) is 10.3 Å². The molecule has 0 saturated carbocycles. The zero-order chi connectivity index (χ0) is 13.7. The van der Waals surface area contributed by atoms with E-state index in [0.717, 1.165) is 46.1 Å².